The Bertz CT molecular complexity index is 714. The molecule has 1 N–H and O–H groups in total. The second kappa shape index (κ2) is 11.5. The first-order valence-electron chi connectivity index (χ1n) is 11.4. The number of piperidine rings is 1. The topological polar surface area (TPSA) is 32.3 Å². The van der Waals surface area contributed by atoms with E-state index in [0.29, 0.717) is 24.3 Å². The van der Waals surface area contributed by atoms with Crippen LogP contribution in [-0.4, -0.2) is 36.5 Å². The normalized spacial score (nSPS) is 17.0. The van der Waals surface area contributed by atoms with Gasteiger partial charge in [0.1, 0.15) is 0 Å². The van der Waals surface area contributed by atoms with E-state index in [0.717, 1.165) is 44.7 Å². The van der Waals surface area contributed by atoms with Crippen molar-refractivity contribution in [2.75, 3.05) is 19.6 Å². The van der Waals surface area contributed by atoms with E-state index in [1.54, 1.807) is 0 Å². The summed E-state index contributed by atoms with van der Waals surface area (Å²) in [5.41, 5.74) is 2.65. The Hall–Kier alpha value is -1.84. The number of carbonyl (C=O) groups is 1. The van der Waals surface area contributed by atoms with Gasteiger partial charge in [-0.15, -0.1) is 12.4 Å². The summed E-state index contributed by atoms with van der Waals surface area (Å²) in [5, 5.41) is 3.71. The quantitative estimate of drug-likeness (QED) is 0.619. The van der Waals surface area contributed by atoms with E-state index in [1.807, 2.05) is 0 Å². The van der Waals surface area contributed by atoms with Crippen molar-refractivity contribution in [3.8, 4) is 0 Å². The molecule has 1 aliphatic carbocycles. The number of nitrogens with zero attached hydrogens (tertiary/aromatic N) is 1. The summed E-state index contributed by atoms with van der Waals surface area (Å²) < 4.78 is 0. The Morgan fingerprint density at radius 2 is 1.40 bits per heavy atom. The molecule has 0 radical (unpaired) electrons. The molecule has 1 heterocycles. The van der Waals surface area contributed by atoms with Gasteiger partial charge in [-0.1, -0.05) is 60.7 Å². The Kier molecular flexibility index (Phi) is 8.77. The van der Waals surface area contributed by atoms with Crippen molar-refractivity contribution in [3.05, 3.63) is 71.8 Å². The van der Waals surface area contributed by atoms with Crippen molar-refractivity contribution in [1.29, 1.82) is 0 Å². The molecule has 2 fully saturated rings. The predicted molar refractivity (Wildman–Crippen MR) is 126 cm³/mol. The molecule has 0 unspecified atom stereocenters. The van der Waals surface area contributed by atoms with Gasteiger partial charge in [0.05, 0.1) is 0 Å². The van der Waals surface area contributed by atoms with E-state index in [1.165, 1.54) is 30.5 Å². The van der Waals surface area contributed by atoms with E-state index in [-0.39, 0.29) is 12.4 Å². The van der Waals surface area contributed by atoms with Gasteiger partial charge in [-0.25, -0.2) is 0 Å². The van der Waals surface area contributed by atoms with Crippen molar-refractivity contribution in [3.63, 3.8) is 0 Å². The second-order valence-electron chi connectivity index (χ2n) is 8.96. The van der Waals surface area contributed by atoms with Crippen LogP contribution >= 0.6 is 12.4 Å². The van der Waals surface area contributed by atoms with E-state index in [2.05, 4.69) is 70.9 Å². The van der Waals surface area contributed by atoms with Crippen LogP contribution in [0.25, 0.3) is 0 Å². The van der Waals surface area contributed by atoms with Gasteiger partial charge in [0, 0.05) is 25.6 Å². The van der Waals surface area contributed by atoms with E-state index < -0.39 is 0 Å². The third-order valence-electron chi connectivity index (χ3n) is 6.44. The summed E-state index contributed by atoms with van der Waals surface area (Å²) in [5.74, 6) is 1.60. The van der Waals surface area contributed by atoms with E-state index in [9.17, 15) is 4.79 Å². The minimum Gasteiger partial charge on any atom is -0.343 e. The van der Waals surface area contributed by atoms with Crippen LogP contribution in [0.3, 0.4) is 0 Å². The van der Waals surface area contributed by atoms with Crippen molar-refractivity contribution in [1.82, 2.24) is 10.2 Å². The highest BCUT2D eigenvalue weighted by Crippen LogP contribution is 2.28. The molecule has 30 heavy (non-hydrogen) atoms. The minimum absolute atomic E-state index is 0. The summed E-state index contributed by atoms with van der Waals surface area (Å²) in [6.45, 7) is 2.99. The maximum atomic E-state index is 13.1. The maximum absolute atomic E-state index is 13.1. The standard InChI is InChI=1S/C26H34N2O.ClH/c29-26(28-15-13-25(14-16-28)27-20-23-11-12-23)19-24(17-21-7-3-1-4-8-21)18-22-9-5-2-6-10-22;/h1-10,23-25,27H,11-20H2;1H. The lowest BCUT2D eigenvalue weighted by atomic mass is 9.89. The molecule has 2 aromatic rings. The molecule has 0 spiro atoms. The van der Waals surface area contributed by atoms with Crippen LogP contribution in [0.15, 0.2) is 60.7 Å². The van der Waals surface area contributed by atoms with Gasteiger partial charge >= 0.3 is 0 Å². The number of rotatable bonds is 9. The number of halogens is 1. The lowest BCUT2D eigenvalue weighted by molar-refractivity contribution is -0.133. The highest BCUT2D eigenvalue weighted by molar-refractivity contribution is 5.85. The lowest BCUT2D eigenvalue weighted by Gasteiger charge is -2.33. The monoisotopic (exact) mass is 426 g/mol. The average molecular weight is 427 g/mol. The van der Waals surface area contributed by atoms with Gasteiger partial charge in [0.15, 0.2) is 0 Å². The molecule has 4 heteroatoms. The van der Waals surface area contributed by atoms with Crippen LogP contribution in [0.2, 0.25) is 0 Å². The van der Waals surface area contributed by atoms with Gasteiger partial charge in [0.2, 0.25) is 5.91 Å². The molecule has 3 nitrogen and oxygen atoms in total. The smallest absolute Gasteiger partial charge is 0.222 e. The fourth-order valence-electron chi connectivity index (χ4n) is 4.48. The largest absolute Gasteiger partial charge is 0.343 e. The Labute approximate surface area is 187 Å². The highest BCUT2D eigenvalue weighted by atomic mass is 35.5. The zero-order valence-electron chi connectivity index (χ0n) is 17.8. The number of hydrogen-bond donors (Lipinski definition) is 1. The predicted octanol–water partition coefficient (Wildman–Crippen LogP) is 4.89. The molecule has 0 aromatic heterocycles. The molecule has 162 valence electrons. The van der Waals surface area contributed by atoms with Crippen LogP contribution in [0.1, 0.15) is 43.2 Å². The zero-order valence-corrected chi connectivity index (χ0v) is 18.7. The number of hydrogen-bond acceptors (Lipinski definition) is 2. The van der Waals surface area contributed by atoms with Crippen LogP contribution in [0.4, 0.5) is 0 Å². The van der Waals surface area contributed by atoms with Crippen LogP contribution in [0, 0.1) is 11.8 Å². The first kappa shape index (κ1) is 22.8. The number of amides is 1. The van der Waals surface area contributed by atoms with Gasteiger partial charge in [-0.3, -0.25) is 4.79 Å². The summed E-state index contributed by atoms with van der Waals surface area (Å²) in [6, 6.07) is 21.8. The second-order valence-corrected chi connectivity index (χ2v) is 8.96. The third-order valence-corrected chi connectivity index (χ3v) is 6.44. The molecule has 2 aromatic carbocycles. The van der Waals surface area contributed by atoms with Crippen LogP contribution in [-0.2, 0) is 17.6 Å². The molecular formula is C26H35ClN2O. The maximum Gasteiger partial charge on any atom is 0.222 e. The highest BCUT2D eigenvalue weighted by Gasteiger charge is 2.27. The van der Waals surface area contributed by atoms with Gasteiger partial charge in [-0.05, 0) is 68.0 Å². The lowest BCUT2D eigenvalue weighted by Crippen LogP contribution is -2.45. The molecule has 0 atom stereocenters. The molecule has 0 bridgehead atoms. The van der Waals surface area contributed by atoms with Crippen LogP contribution < -0.4 is 5.32 Å². The summed E-state index contributed by atoms with van der Waals surface area (Å²) in [6.07, 6.45) is 7.55. The molecule has 1 aliphatic heterocycles. The number of nitrogens with one attached hydrogen (secondary N) is 1. The summed E-state index contributed by atoms with van der Waals surface area (Å²) in [7, 11) is 0. The summed E-state index contributed by atoms with van der Waals surface area (Å²) >= 11 is 0. The number of carbonyl (C=O) groups excluding carboxylic acids is 1. The van der Waals surface area contributed by atoms with Gasteiger partial charge in [-0.2, -0.15) is 0 Å². The third kappa shape index (κ3) is 7.14. The molecule has 1 saturated carbocycles. The average Bonchev–Trinajstić information content (AvgIpc) is 3.59. The first-order chi connectivity index (χ1) is 14.3. The van der Waals surface area contributed by atoms with Crippen LogP contribution in [0.5, 0.6) is 0 Å². The van der Waals surface area contributed by atoms with E-state index >= 15 is 0 Å². The van der Waals surface area contributed by atoms with Gasteiger partial charge in [0.25, 0.3) is 0 Å². The van der Waals surface area contributed by atoms with Crippen molar-refractivity contribution >= 4 is 18.3 Å². The van der Waals surface area contributed by atoms with E-state index in [4.69, 9.17) is 0 Å². The minimum atomic E-state index is 0. The molecule has 4 rings (SSSR count). The summed E-state index contributed by atoms with van der Waals surface area (Å²) in [4.78, 5) is 15.2. The Morgan fingerprint density at radius 3 is 1.90 bits per heavy atom. The SMILES string of the molecule is Cl.O=C(CC(Cc1ccccc1)Cc1ccccc1)N1CCC(NCC2CC2)CC1. The number of benzene rings is 2. The van der Waals surface area contributed by atoms with Crippen molar-refractivity contribution < 1.29 is 4.79 Å². The molecule has 2 aliphatic rings. The molecule has 1 amide bonds. The fourth-order valence-corrected chi connectivity index (χ4v) is 4.48. The molecule has 1 saturated heterocycles. The Morgan fingerprint density at radius 1 is 0.867 bits per heavy atom. The zero-order chi connectivity index (χ0) is 19.9. The van der Waals surface area contributed by atoms with Gasteiger partial charge < -0.3 is 10.2 Å². The molecular weight excluding hydrogens is 392 g/mol. The fraction of sp³-hybridized carbons (Fsp3) is 0.500. The van der Waals surface area contributed by atoms with Crippen molar-refractivity contribution in [2.24, 2.45) is 11.8 Å². The first-order valence-corrected chi connectivity index (χ1v) is 11.4. The number of likely N-dealkylation sites (tertiary alicyclic amines) is 1. The van der Waals surface area contributed by atoms with Crippen molar-refractivity contribution in [2.45, 2.75) is 51.0 Å². The Balaban J connectivity index is 0.00000256.